The number of aromatic nitrogens is 2. The van der Waals surface area contributed by atoms with Crippen molar-refractivity contribution in [3.8, 4) is 0 Å². The minimum Gasteiger partial charge on any atom is -0.349 e. The van der Waals surface area contributed by atoms with Gasteiger partial charge in [0.2, 0.25) is 0 Å². The predicted molar refractivity (Wildman–Crippen MR) is 65.1 cm³/mol. The fourth-order valence-corrected chi connectivity index (χ4v) is 2.19. The van der Waals surface area contributed by atoms with E-state index in [1.807, 2.05) is 0 Å². The molecule has 18 heavy (non-hydrogen) atoms. The van der Waals surface area contributed by atoms with Gasteiger partial charge in [-0.15, -0.1) is 0 Å². The number of H-pyrrole nitrogens is 1. The van der Waals surface area contributed by atoms with E-state index in [1.54, 1.807) is 12.4 Å². The summed E-state index contributed by atoms with van der Waals surface area (Å²) in [6.45, 7) is 0. The second kappa shape index (κ2) is 5.14. The van der Waals surface area contributed by atoms with Gasteiger partial charge in [0.15, 0.2) is 0 Å². The van der Waals surface area contributed by atoms with E-state index in [4.69, 9.17) is 0 Å². The van der Waals surface area contributed by atoms with E-state index in [-0.39, 0.29) is 0 Å². The highest BCUT2D eigenvalue weighted by atomic mass is 79.9. The van der Waals surface area contributed by atoms with Crippen molar-refractivity contribution in [3.63, 3.8) is 0 Å². The Morgan fingerprint density at radius 1 is 1.22 bits per heavy atom. The molecule has 0 radical (unpaired) electrons. The molecule has 0 spiro atoms. The van der Waals surface area contributed by atoms with E-state index in [1.165, 1.54) is 6.07 Å². The molecule has 1 heterocycles. The minimum absolute atomic E-state index is 0.476. The van der Waals surface area contributed by atoms with Crippen LogP contribution < -0.4 is 0 Å². The monoisotopic (exact) mass is 318 g/mol. The first-order valence-electron chi connectivity index (χ1n) is 5.30. The predicted octanol–water partition coefficient (Wildman–Crippen LogP) is 3.98. The van der Waals surface area contributed by atoms with E-state index in [9.17, 15) is 13.2 Å². The Bertz CT molecular complexity index is 521. The van der Waals surface area contributed by atoms with Crippen LogP contribution in [-0.2, 0) is 19.0 Å². The zero-order chi connectivity index (χ0) is 13.2. The summed E-state index contributed by atoms with van der Waals surface area (Å²) in [7, 11) is 0. The Balaban J connectivity index is 2.10. The van der Waals surface area contributed by atoms with Crippen LogP contribution in [0.1, 0.15) is 17.0 Å². The maximum Gasteiger partial charge on any atom is 0.416 e. The quantitative estimate of drug-likeness (QED) is 0.911. The zero-order valence-corrected chi connectivity index (χ0v) is 10.8. The molecular weight excluding hydrogens is 309 g/mol. The van der Waals surface area contributed by atoms with Gasteiger partial charge in [0.1, 0.15) is 5.82 Å². The molecule has 6 heteroatoms. The van der Waals surface area contributed by atoms with Crippen molar-refractivity contribution in [1.82, 2.24) is 9.97 Å². The molecule has 0 bridgehead atoms. The fraction of sp³-hybridized carbons (Fsp3) is 0.250. The summed E-state index contributed by atoms with van der Waals surface area (Å²) in [5, 5.41) is 0. The molecule has 0 aliphatic rings. The van der Waals surface area contributed by atoms with Gasteiger partial charge in [-0.1, -0.05) is 22.0 Å². The molecule has 0 fully saturated rings. The van der Waals surface area contributed by atoms with Crippen molar-refractivity contribution < 1.29 is 13.2 Å². The van der Waals surface area contributed by atoms with Crippen molar-refractivity contribution >= 4 is 15.9 Å². The lowest BCUT2D eigenvalue weighted by Gasteiger charge is -2.09. The van der Waals surface area contributed by atoms with Crippen LogP contribution in [0.3, 0.4) is 0 Å². The average Bonchev–Trinajstić information content (AvgIpc) is 2.79. The summed E-state index contributed by atoms with van der Waals surface area (Å²) < 4.78 is 37.9. The van der Waals surface area contributed by atoms with Crippen molar-refractivity contribution in [2.24, 2.45) is 0 Å². The molecule has 0 aliphatic carbocycles. The molecule has 0 aliphatic heterocycles. The second-order valence-electron chi connectivity index (χ2n) is 3.84. The molecule has 2 nitrogen and oxygen atoms in total. The van der Waals surface area contributed by atoms with E-state index >= 15 is 0 Å². The molecule has 0 saturated heterocycles. The van der Waals surface area contributed by atoms with Crippen molar-refractivity contribution in [2.45, 2.75) is 19.0 Å². The topological polar surface area (TPSA) is 28.7 Å². The number of halogens is 4. The molecule has 1 aromatic carbocycles. The van der Waals surface area contributed by atoms with E-state index in [0.29, 0.717) is 17.3 Å². The van der Waals surface area contributed by atoms with Gasteiger partial charge in [0.25, 0.3) is 0 Å². The number of benzene rings is 1. The molecule has 1 N–H and O–H groups in total. The van der Waals surface area contributed by atoms with E-state index in [2.05, 4.69) is 25.9 Å². The van der Waals surface area contributed by atoms with Crippen LogP contribution in [-0.4, -0.2) is 9.97 Å². The van der Waals surface area contributed by atoms with Gasteiger partial charge in [0.05, 0.1) is 5.56 Å². The number of aryl methyl sites for hydroxylation is 2. The standard InChI is InChI=1S/C12H10BrF3N2/c13-10-7-9(12(14,15)16)3-1-8(10)2-4-11-17-5-6-18-11/h1,3,5-7H,2,4H2,(H,17,18). The van der Waals surface area contributed by atoms with Gasteiger partial charge in [-0.25, -0.2) is 4.98 Å². The fourth-order valence-electron chi connectivity index (χ4n) is 1.61. The minimum atomic E-state index is -4.30. The Labute approximate surface area is 110 Å². The van der Waals surface area contributed by atoms with Crippen LogP contribution in [0.25, 0.3) is 0 Å². The molecular formula is C12H10BrF3N2. The molecule has 2 aromatic rings. The number of alkyl halides is 3. The number of rotatable bonds is 3. The van der Waals surface area contributed by atoms with Crippen LogP contribution >= 0.6 is 15.9 Å². The number of nitrogens with zero attached hydrogens (tertiary/aromatic N) is 1. The highest BCUT2D eigenvalue weighted by Gasteiger charge is 2.30. The maximum atomic E-state index is 12.5. The van der Waals surface area contributed by atoms with E-state index < -0.39 is 11.7 Å². The van der Waals surface area contributed by atoms with Crippen molar-refractivity contribution in [2.75, 3.05) is 0 Å². The SMILES string of the molecule is FC(F)(F)c1ccc(CCc2ncc[nH]2)c(Br)c1. The smallest absolute Gasteiger partial charge is 0.349 e. The molecule has 0 atom stereocenters. The summed E-state index contributed by atoms with van der Waals surface area (Å²) in [5.74, 6) is 0.821. The van der Waals surface area contributed by atoms with Crippen LogP contribution in [0, 0.1) is 0 Å². The number of hydrogen-bond donors (Lipinski definition) is 1. The Morgan fingerprint density at radius 3 is 2.56 bits per heavy atom. The lowest BCUT2D eigenvalue weighted by Crippen LogP contribution is -2.05. The summed E-state index contributed by atoms with van der Waals surface area (Å²) in [6.07, 6.45) is 0.361. The Kier molecular flexibility index (Phi) is 3.75. The van der Waals surface area contributed by atoms with Gasteiger partial charge in [-0.2, -0.15) is 13.2 Å². The van der Waals surface area contributed by atoms with Crippen molar-refractivity contribution in [3.05, 3.63) is 52.0 Å². The number of nitrogens with one attached hydrogen (secondary N) is 1. The van der Waals surface area contributed by atoms with Crippen LogP contribution in [0.2, 0.25) is 0 Å². The van der Waals surface area contributed by atoms with Crippen LogP contribution in [0.4, 0.5) is 13.2 Å². The first-order chi connectivity index (χ1) is 8.47. The average molecular weight is 319 g/mol. The van der Waals surface area contributed by atoms with Gasteiger partial charge in [-0.05, 0) is 24.1 Å². The number of imidazole rings is 1. The molecule has 96 valence electrons. The third-order valence-electron chi connectivity index (χ3n) is 2.57. The Hall–Kier alpha value is -1.30. The third kappa shape index (κ3) is 3.13. The third-order valence-corrected chi connectivity index (χ3v) is 3.30. The largest absolute Gasteiger partial charge is 0.416 e. The number of hydrogen-bond acceptors (Lipinski definition) is 1. The molecule has 1 aromatic heterocycles. The van der Waals surface area contributed by atoms with Gasteiger partial charge in [0, 0.05) is 23.3 Å². The van der Waals surface area contributed by atoms with Gasteiger partial charge >= 0.3 is 6.18 Å². The lowest BCUT2D eigenvalue weighted by molar-refractivity contribution is -0.137. The van der Waals surface area contributed by atoms with Gasteiger partial charge < -0.3 is 4.98 Å². The first kappa shape index (κ1) is 13.1. The van der Waals surface area contributed by atoms with Crippen molar-refractivity contribution in [1.29, 1.82) is 0 Å². The Morgan fingerprint density at radius 2 is 2.00 bits per heavy atom. The first-order valence-corrected chi connectivity index (χ1v) is 6.10. The normalized spacial score (nSPS) is 11.8. The molecule has 0 saturated carbocycles. The van der Waals surface area contributed by atoms with E-state index in [0.717, 1.165) is 23.5 Å². The van der Waals surface area contributed by atoms with Gasteiger partial charge in [-0.3, -0.25) is 0 Å². The maximum absolute atomic E-state index is 12.5. The molecule has 0 amide bonds. The van der Waals surface area contributed by atoms with Crippen LogP contribution in [0.5, 0.6) is 0 Å². The summed E-state index contributed by atoms with van der Waals surface area (Å²) in [4.78, 5) is 7.02. The summed E-state index contributed by atoms with van der Waals surface area (Å²) in [6, 6.07) is 3.70. The highest BCUT2D eigenvalue weighted by Crippen LogP contribution is 2.32. The van der Waals surface area contributed by atoms with Crippen LogP contribution in [0.15, 0.2) is 35.1 Å². The zero-order valence-electron chi connectivity index (χ0n) is 9.26. The summed E-state index contributed by atoms with van der Waals surface area (Å²) in [5.41, 5.74) is 0.190. The summed E-state index contributed by atoms with van der Waals surface area (Å²) >= 11 is 3.17. The number of aromatic amines is 1. The molecule has 2 rings (SSSR count). The second-order valence-corrected chi connectivity index (χ2v) is 4.69. The molecule has 0 unspecified atom stereocenters. The highest BCUT2D eigenvalue weighted by molar-refractivity contribution is 9.10. The lowest BCUT2D eigenvalue weighted by atomic mass is 10.1.